The van der Waals surface area contributed by atoms with Crippen LogP contribution in [-0.2, 0) is 5.41 Å². The van der Waals surface area contributed by atoms with Crippen molar-refractivity contribution in [2.75, 3.05) is 13.2 Å². The standard InChI is InChI=1S/C12H17F2NO/c1-2-3-12(7-15,8-16)9-4-10(13)6-11(14)5-9/h4-6,16H,2-3,7-8,15H2,1H3. The number of rotatable bonds is 5. The molecule has 0 amide bonds. The van der Waals surface area contributed by atoms with Crippen LogP contribution in [-0.4, -0.2) is 18.3 Å². The van der Waals surface area contributed by atoms with Crippen molar-refractivity contribution in [3.8, 4) is 0 Å². The van der Waals surface area contributed by atoms with Gasteiger partial charge in [-0.2, -0.15) is 0 Å². The van der Waals surface area contributed by atoms with Crippen LogP contribution in [0.1, 0.15) is 25.3 Å². The van der Waals surface area contributed by atoms with E-state index >= 15 is 0 Å². The molecule has 0 aliphatic heterocycles. The van der Waals surface area contributed by atoms with Gasteiger partial charge in [0, 0.05) is 18.0 Å². The second kappa shape index (κ2) is 5.37. The van der Waals surface area contributed by atoms with Crippen LogP contribution in [0.2, 0.25) is 0 Å². The third-order valence-corrected chi connectivity index (χ3v) is 2.90. The molecule has 4 heteroatoms. The highest BCUT2D eigenvalue weighted by Gasteiger charge is 2.30. The molecule has 0 aliphatic carbocycles. The number of nitrogens with two attached hydrogens (primary N) is 1. The quantitative estimate of drug-likeness (QED) is 0.810. The van der Waals surface area contributed by atoms with Crippen molar-refractivity contribution in [3.63, 3.8) is 0 Å². The lowest BCUT2D eigenvalue weighted by Gasteiger charge is -2.30. The Morgan fingerprint density at radius 3 is 2.19 bits per heavy atom. The third-order valence-electron chi connectivity index (χ3n) is 2.90. The van der Waals surface area contributed by atoms with E-state index in [1.54, 1.807) is 0 Å². The van der Waals surface area contributed by atoms with Crippen LogP contribution in [0.15, 0.2) is 18.2 Å². The Morgan fingerprint density at radius 2 is 1.81 bits per heavy atom. The first-order valence-electron chi connectivity index (χ1n) is 5.35. The van der Waals surface area contributed by atoms with Crippen molar-refractivity contribution >= 4 is 0 Å². The average Bonchev–Trinajstić information content (AvgIpc) is 2.24. The summed E-state index contributed by atoms with van der Waals surface area (Å²) in [5.74, 6) is -1.28. The minimum Gasteiger partial charge on any atom is -0.395 e. The van der Waals surface area contributed by atoms with E-state index in [4.69, 9.17) is 5.73 Å². The number of aliphatic hydroxyl groups is 1. The Hall–Kier alpha value is -1.00. The first-order valence-corrected chi connectivity index (χ1v) is 5.35. The van der Waals surface area contributed by atoms with Crippen molar-refractivity contribution in [3.05, 3.63) is 35.4 Å². The van der Waals surface area contributed by atoms with Crippen LogP contribution in [0.25, 0.3) is 0 Å². The molecule has 16 heavy (non-hydrogen) atoms. The number of hydrogen-bond acceptors (Lipinski definition) is 2. The molecular weight excluding hydrogens is 212 g/mol. The molecular formula is C12H17F2NO. The van der Waals surface area contributed by atoms with Gasteiger partial charge in [0.15, 0.2) is 0 Å². The molecule has 2 nitrogen and oxygen atoms in total. The van der Waals surface area contributed by atoms with E-state index in [0.29, 0.717) is 12.0 Å². The molecule has 0 fully saturated rings. The summed E-state index contributed by atoms with van der Waals surface area (Å²) >= 11 is 0. The smallest absolute Gasteiger partial charge is 0.126 e. The average molecular weight is 229 g/mol. The van der Waals surface area contributed by atoms with Gasteiger partial charge in [-0.25, -0.2) is 8.78 Å². The molecule has 1 rings (SSSR count). The van der Waals surface area contributed by atoms with E-state index in [1.165, 1.54) is 12.1 Å². The van der Waals surface area contributed by atoms with Gasteiger partial charge >= 0.3 is 0 Å². The lowest BCUT2D eigenvalue weighted by molar-refractivity contribution is 0.186. The van der Waals surface area contributed by atoms with Crippen molar-refractivity contribution in [2.24, 2.45) is 5.73 Å². The Kier molecular flexibility index (Phi) is 4.38. The number of hydrogen-bond donors (Lipinski definition) is 2. The first-order chi connectivity index (χ1) is 7.57. The highest BCUT2D eigenvalue weighted by Crippen LogP contribution is 2.29. The summed E-state index contributed by atoms with van der Waals surface area (Å²) in [5.41, 5.74) is 5.32. The van der Waals surface area contributed by atoms with E-state index in [0.717, 1.165) is 12.5 Å². The normalized spacial score (nSPS) is 14.8. The van der Waals surface area contributed by atoms with Crippen molar-refractivity contribution in [1.82, 2.24) is 0 Å². The van der Waals surface area contributed by atoms with Crippen LogP contribution in [0, 0.1) is 11.6 Å². The van der Waals surface area contributed by atoms with Gasteiger partial charge in [0.25, 0.3) is 0 Å². The van der Waals surface area contributed by atoms with Crippen LogP contribution in [0.5, 0.6) is 0 Å². The zero-order chi connectivity index (χ0) is 12.2. The number of halogens is 2. The van der Waals surface area contributed by atoms with E-state index in [1.807, 2.05) is 6.92 Å². The summed E-state index contributed by atoms with van der Waals surface area (Å²) in [5, 5.41) is 9.42. The summed E-state index contributed by atoms with van der Waals surface area (Å²) in [4.78, 5) is 0. The van der Waals surface area contributed by atoms with E-state index in [-0.39, 0.29) is 13.2 Å². The first kappa shape index (κ1) is 13.1. The number of aliphatic hydroxyl groups excluding tert-OH is 1. The summed E-state index contributed by atoms with van der Waals surface area (Å²) in [6.45, 7) is 1.90. The summed E-state index contributed by atoms with van der Waals surface area (Å²) in [6.07, 6.45) is 1.39. The second-order valence-electron chi connectivity index (χ2n) is 4.05. The zero-order valence-corrected chi connectivity index (χ0v) is 9.34. The van der Waals surface area contributed by atoms with Crippen LogP contribution in [0.4, 0.5) is 8.78 Å². The highest BCUT2D eigenvalue weighted by atomic mass is 19.1. The molecule has 0 spiro atoms. The summed E-state index contributed by atoms with van der Waals surface area (Å²) in [6, 6.07) is 3.29. The van der Waals surface area contributed by atoms with Crippen LogP contribution >= 0.6 is 0 Å². The third kappa shape index (κ3) is 2.57. The Morgan fingerprint density at radius 1 is 1.25 bits per heavy atom. The van der Waals surface area contributed by atoms with Gasteiger partial charge in [0.2, 0.25) is 0 Å². The van der Waals surface area contributed by atoms with Gasteiger partial charge < -0.3 is 10.8 Å². The molecule has 0 radical (unpaired) electrons. The second-order valence-corrected chi connectivity index (χ2v) is 4.05. The molecule has 0 saturated heterocycles. The fourth-order valence-electron chi connectivity index (χ4n) is 1.94. The molecule has 0 bridgehead atoms. The highest BCUT2D eigenvalue weighted by molar-refractivity contribution is 5.27. The molecule has 0 heterocycles. The fourth-order valence-corrected chi connectivity index (χ4v) is 1.94. The molecule has 90 valence electrons. The molecule has 1 aromatic rings. The summed E-state index contributed by atoms with van der Waals surface area (Å²) in [7, 11) is 0. The van der Waals surface area contributed by atoms with Crippen molar-refractivity contribution in [2.45, 2.75) is 25.2 Å². The van der Waals surface area contributed by atoms with Crippen LogP contribution < -0.4 is 5.73 Å². The Labute approximate surface area is 94.1 Å². The maximum atomic E-state index is 13.1. The summed E-state index contributed by atoms with van der Waals surface area (Å²) < 4.78 is 26.2. The van der Waals surface area contributed by atoms with Gasteiger partial charge in [0.05, 0.1) is 6.61 Å². The fraction of sp³-hybridized carbons (Fsp3) is 0.500. The SMILES string of the molecule is CCCC(CN)(CO)c1cc(F)cc(F)c1. The molecule has 0 aromatic heterocycles. The maximum absolute atomic E-state index is 13.1. The van der Waals surface area contributed by atoms with Gasteiger partial charge in [-0.3, -0.25) is 0 Å². The Balaban J connectivity index is 3.19. The van der Waals surface area contributed by atoms with E-state index in [2.05, 4.69) is 0 Å². The van der Waals surface area contributed by atoms with Crippen molar-refractivity contribution in [1.29, 1.82) is 0 Å². The topological polar surface area (TPSA) is 46.2 Å². The van der Waals surface area contributed by atoms with Crippen molar-refractivity contribution < 1.29 is 13.9 Å². The predicted molar refractivity (Wildman–Crippen MR) is 59.1 cm³/mol. The molecule has 1 atom stereocenters. The van der Waals surface area contributed by atoms with Gasteiger partial charge in [-0.1, -0.05) is 13.3 Å². The largest absolute Gasteiger partial charge is 0.395 e. The molecule has 3 N–H and O–H groups in total. The van der Waals surface area contributed by atoms with Gasteiger partial charge in [-0.15, -0.1) is 0 Å². The van der Waals surface area contributed by atoms with E-state index < -0.39 is 17.0 Å². The molecule has 1 aromatic carbocycles. The minimum atomic E-state index is -0.738. The molecule has 1 unspecified atom stereocenters. The number of benzene rings is 1. The molecule has 0 saturated carbocycles. The maximum Gasteiger partial charge on any atom is 0.126 e. The molecule has 0 aliphatic rings. The lowest BCUT2D eigenvalue weighted by atomic mass is 9.77. The minimum absolute atomic E-state index is 0.167. The van der Waals surface area contributed by atoms with E-state index in [9.17, 15) is 13.9 Å². The predicted octanol–water partition coefficient (Wildman–Crippen LogP) is 1.95. The monoisotopic (exact) mass is 229 g/mol. The zero-order valence-electron chi connectivity index (χ0n) is 9.34. The van der Waals surface area contributed by atoms with Crippen LogP contribution in [0.3, 0.4) is 0 Å². The van der Waals surface area contributed by atoms with Gasteiger partial charge in [-0.05, 0) is 24.1 Å². The van der Waals surface area contributed by atoms with Gasteiger partial charge in [0.1, 0.15) is 11.6 Å². The Bertz CT molecular complexity index is 331. The lowest BCUT2D eigenvalue weighted by Crippen LogP contribution is -2.39.